The Bertz CT molecular complexity index is 261. The molecule has 0 unspecified atom stereocenters. The third-order valence-electron chi connectivity index (χ3n) is 2.70. The molecule has 0 N–H and O–H groups in total. The standard InChI is InChI=1S/C15H26O4/c1-3-5-8-11-15(17)19-13-10-7-6-9-12-18-14(16)4-2/h4H,2-3,5-13H2,1H3. The molecule has 0 aliphatic carbocycles. The van der Waals surface area contributed by atoms with Crippen LogP contribution in [0.15, 0.2) is 12.7 Å². The van der Waals surface area contributed by atoms with Crippen LogP contribution in [-0.2, 0) is 19.1 Å². The summed E-state index contributed by atoms with van der Waals surface area (Å²) in [4.78, 5) is 22.0. The van der Waals surface area contributed by atoms with Crippen LogP contribution >= 0.6 is 0 Å². The zero-order valence-corrected chi connectivity index (χ0v) is 12.0. The van der Waals surface area contributed by atoms with Gasteiger partial charge in [0.1, 0.15) is 0 Å². The summed E-state index contributed by atoms with van der Waals surface area (Å²) in [6.07, 6.45) is 8.47. The van der Waals surface area contributed by atoms with Gasteiger partial charge in [-0.1, -0.05) is 26.3 Å². The van der Waals surface area contributed by atoms with Gasteiger partial charge in [-0.05, 0) is 32.1 Å². The maximum atomic E-state index is 11.3. The summed E-state index contributed by atoms with van der Waals surface area (Å²) in [5, 5.41) is 0. The van der Waals surface area contributed by atoms with Gasteiger partial charge in [0.2, 0.25) is 0 Å². The fraction of sp³-hybridized carbons (Fsp3) is 0.733. The molecule has 0 rings (SSSR count). The van der Waals surface area contributed by atoms with E-state index in [-0.39, 0.29) is 11.9 Å². The second-order valence-electron chi connectivity index (χ2n) is 4.46. The molecule has 0 fully saturated rings. The molecular weight excluding hydrogens is 244 g/mol. The van der Waals surface area contributed by atoms with Crippen LogP contribution in [0.4, 0.5) is 0 Å². The molecule has 0 saturated carbocycles. The molecule has 4 nitrogen and oxygen atoms in total. The summed E-state index contributed by atoms with van der Waals surface area (Å²) in [6, 6.07) is 0. The third kappa shape index (κ3) is 12.9. The summed E-state index contributed by atoms with van der Waals surface area (Å²) in [6.45, 7) is 6.36. The first-order valence-corrected chi connectivity index (χ1v) is 7.15. The van der Waals surface area contributed by atoms with E-state index in [0.717, 1.165) is 51.0 Å². The Morgan fingerprint density at radius 3 is 2.16 bits per heavy atom. The van der Waals surface area contributed by atoms with Crippen molar-refractivity contribution < 1.29 is 19.1 Å². The number of unbranched alkanes of at least 4 members (excludes halogenated alkanes) is 5. The highest BCUT2D eigenvalue weighted by molar-refractivity contribution is 5.81. The van der Waals surface area contributed by atoms with Crippen LogP contribution in [0.2, 0.25) is 0 Å². The molecular formula is C15H26O4. The van der Waals surface area contributed by atoms with Crippen molar-refractivity contribution in [3.05, 3.63) is 12.7 Å². The van der Waals surface area contributed by atoms with Crippen LogP contribution in [0, 0.1) is 0 Å². The second kappa shape index (κ2) is 13.1. The number of esters is 2. The maximum absolute atomic E-state index is 11.3. The van der Waals surface area contributed by atoms with Gasteiger partial charge < -0.3 is 9.47 Å². The van der Waals surface area contributed by atoms with Crippen molar-refractivity contribution in [3.63, 3.8) is 0 Å². The molecule has 0 radical (unpaired) electrons. The SMILES string of the molecule is C=CC(=O)OCCCCCCOC(=O)CCCCC. The minimum absolute atomic E-state index is 0.0895. The van der Waals surface area contributed by atoms with E-state index in [1.165, 1.54) is 0 Å². The molecule has 0 aromatic rings. The topological polar surface area (TPSA) is 52.6 Å². The van der Waals surface area contributed by atoms with Gasteiger partial charge in [-0.2, -0.15) is 0 Å². The lowest BCUT2D eigenvalue weighted by Crippen LogP contribution is -2.06. The highest BCUT2D eigenvalue weighted by Gasteiger charge is 2.01. The van der Waals surface area contributed by atoms with E-state index in [1.807, 2.05) is 0 Å². The van der Waals surface area contributed by atoms with Gasteiger partial charge in [-0.15, -0.1) is 0 Å². The highest BCUT2D eigenvalue weighted by Crippen LogP contribution is 2.03. The minimum Gasteiger partial charge on any atom is -0.466 e. The highest BCUT2D eigenvalue weighted by atomic mass is 16.5. The first-order chi connectivity index (χ1) is 9.20. The van der Waals surface area contributed by atoms with Crippen LogP contribution in [0.25, 0.3) is 0 Å². The molecule has 0 amide bonds. The lowest BCUT2D eigenvalue weighted by molar-refractivity contribution is -0.144. The van der Waals surface area contributed by atoms with Crippen LogP contribution < -0.4 is 0 Å². The molecule has 0 spiro atoms. The van der Waals surface area contributed by atoms with Crippen LogP contribution in [-0.4, -0.2) is 25.2 Å². The molecule has 0 bridgehead atoms. The quantitative estimate of drug-likeness (QED) is 0.310. The number of rotatable bonds is 12. The molecule has 0 atom stereocenters. The van der Waals surface area contributed by atoms with E-state index in [4.69, 9.17) is 9.47 Å². The van der Waals surface area contributed by atoms with E-state index in [9.17, 15) is 9.59 Å². The molecule has 0 aromatic carbocycles. The molecule has 19 heavy (non-hydrogen) atoms. The van der Waals surface area contributed by atoms with Gasteiger partial charge in [-0.25, -0.2) is 4.79 Å². The van der Waals surface area contributed by atoms with Gasteiger partial charge in [-0.3, -0.25) is 4.79 Å². The fourth-order valence-corrected chi connectivity index (χ4v) is 1.57. The number of carbonyl (C=O) groups is 2. The minimum atomic E-state index is -0.374. The Morgan fingerprint density at radius 1 is 0.947 bits per heavy atom. The summed E-state index contributed by atoms with van der Waals surface area (Å²) in [5.41, 5.74) is 0. The average molecular weight is 270 g/mol. The zero-order valence-electron chi connectivity index (χ0n) is 12.0. The molecule has 110 valence electrons. The lowest BCUT2D eigenvalue weighted by atomic mass is 10.2. The van der Waals surface area contributed by atoms with Gasteiger partial charge in [0.25, 0.3) is 0 Å². The summed E-state index contributed by atoms with van der Waals surface area (Å²) < 4.78 is 9.96. The van der Waals surface area contributed by atoms with Crippen molar-refractivity contribution in [1.82, 2.24) is 0 Å². The summed E-state index contributed by atoms with van der Waals surface area (Å²) in [7, 11) is 0. The number of carbonyl (C=O) groups excluding carboxylic acids is 2. The molecule has 0 aliphatic rings. The van der Waals surface area contributed by atoms with Gasteiger partial charge >= 0.3 is 11.9 Å². The van der Waals surface area contributed by atoms with E-state index in [2.05, 4.69) is 13.5 Å². The zero-order chi connectivity index (χ0) is 14.3. The fourth-order valence-electron chi connectivity index (χ4n) is 1.57. The van der Waals surface area contributed by atoms with Crippen molar-refractivity contribution >= 4 is 11.9 Å². The Balaban J connectivity index is 3.20. The van der Waals surface area contributed by atoms with Crippen LogP contribution in [0.3, 0.4) is 0 Å². The van der Waals surface area contributed by atoms with Crippen LogP contribution in [0.1, 0.15) is 58.3 Å². The van der Waals surface area contributed by atoms with Crippen molar-refractivity contribution in [2.75, 3.05) is 13.2 Å². The number of hydrogen-bond acceptors (Lipinski definition) is 4. The molecule has 0 aliphatic heterocycles. The first kappa shape index (κ1) is 17.7. The number of hydrogen-bond donors (Lipinski definition) is 0. The Hall–Kier alpha value is -1.32. The summed E-state index contributed by atoms with van der Waals surface area (Å²) in [5.74, 6) is -0.464. The predicted octanol–water partition coefficient (Wildman–Crippen LogP) is 3.40. The van der Waals surface area contributed by atoms with E-state index < -0.39 is 0 Å². The van der Waals surface area contributed by atoms with Crippen molar-refractivity contribution in [2.24, 2.45) is 0 Å². The maximum Gasteiger partial charge on any atom is 0.330 e. The normalized spacial score (nSPS) is 9.95. The first-order valence-electron chi connectivity index (χ1n) is 7.15. The molecule has 0 saturated heterocycles. The van der Waals surface area contributed by atoms with E-state index in [0.29, 0.717) is 19.6 Å². The molecule has 0 aromatic heterocycles. The smallest absolute Gasteiger partial charge is 0.330 e. The third-order valence-corrected chi connectivity index (χ3v) is 2.70. The summed E-state index contributed by atoms with van der Waals surface area (Å²) >= 11 is 0. The van der Waals surface area contributed by atoms with E-state index >= 15 is 0 Å². The van der Waals surface area contributed by atoms with E-state index in [1.54, 1.807) is 0 Å². The Kier molecular flexibility index (Phi) is 12.2. The molecule has 0 heterocycles. The van der Waals surface area contributed by atoms with Gasteiger partial charge in [0.05, 0.1) is 13.2 Å². The Labute approximate surface area is 116 Å². The number of ether oxygens (including phenoxy) is 2. The molecule has 4 heteroatoms. The van der Waals surface area contributed by atoms with Crippen molar-refractivity contribution in [2.45, 2.75) is 58.3 Å². The van der Waals surface area contributed by atoms with Crippen molar-refractivity contribution in [3.8, 4) is 0 Å². The monoisotopic (exact) mass is 270 g/mol. The van der Waals surface area contributed by atoms with Gasteiger partial charge in [0.15, 0.2) is 0 Å². The predicted molar refractivity (Wildman–Crippen MR) is 74.7 cm³/mol. The lowest BCUT2D eigenvalue weighted by Gasteiger charge is -2.05. The average Bonchev–Trinajstić information content (AvgIpc) is 2.41. The second-order valence-corrected chi connectivity index (χ2v) is 4.46. The van der Waals surface area contributed by atoms with Crippen LogP contribution in [0.5, 0.6) is 0 Å². The van der Waals surface area contributed by atoms with Gasteiger partial charge in [0, 0.05) is 12.5 Å². The van der Waals surface area contributed by atoms with Crippen molar-refractivity contribution in [1.29, 1.82) is 0 Å². The Morgan fingerprint density at radius 2 is 1.58 bits per heavy atom. The largest absolute Gasteiger partial charge is 0.466 e.